The van der Waals surface area contributed by atoms with E-state index in [1.807, 2.05) is 0 Å². The third-order valence-corrected chi connectivity index (χ3v) is 6.23. The molecule has 2 aromatic rings. The minimum Gasteiger partial charge on any atom is -0.267 e. The fraction of sp³-hybridized carbons (Fsp3) is 0.438. The second-order valence-corrected chi connectivity index (χ2v) is 8.83. The third kappa shape index (κ3) is 4.77. The van der Waals surface area contributed by atoms with Gasteiger partial charge in [-0.05, 0) is 43.5 Å². The van der Waals surface area contributed by atoms with Crippen molar-refractivity contribution in [2.75, 3.05) is 6.54 Å². The molecule has 5 nitrogen and oxygen atoms in total. The molecule has 0 atom stereocenters. The van der Waals surface area contributed by atoms with Crippen molar-refractivity contribution in [1.82, 2.24) is 14.5 Å². The van der Waals surface area contributed by atoms with Gasteiger partial charge in [-0.1, -0.05) is 23.2 Å². The van der Waals surface area contributed by atoms with Crippen molar-refractivity contribution in [3.8, 4) is 0 Å². The summed E-state index contributed by atoms with van der Waals surface area (Å²) < 4.78 is 67.1. The van der Waals surface area contributed by atoms with Crippen molar-refractivity contribution in [2.45, 2.75) is 42.8 Å². The maximum Gasteiger partial charge on any atom is 0.436 e. The largest absolute Gasteiger partial charge is 0.436 e. The average molecular weight is 442 g/mol. The summed E-state index contributed by atoms with van der Waals surface area (Å²) in [5.41, 5.74) is -0.711. The van der Waals surface area contributed by atoms with Crippen molar-refractivity contribution in [3.05, 3.63) is 45.7 Å². The molecule has 0 amide bonds. The van der Waals surface area contributed by atoms with Crippen molar-refractivity contribution < 1.29 is 21.6 Å². The van der Waals surface area contributed by atoms with E-state index < -0.39 is 21.9 Å². The zero-order chi connectivity index (χ0) is 19.8. The highest BCUT2D eigenvalue weighted by Crippen LogP contribution is 2.46. The Labute approximate surface area is 164 Å². The number of hydrogen-bond donors (Lipinski definition) is 1. The Morgan fingerprint density at radius 1 is 1.19 bits per heavy atom. The first kappa shape index (κ1) is 20.4. The molecule has 1 aromatic heterocycles. The maximum atomic E-state index is 13.0. The topological polar surface area (TPSA) is 64.0 Å². The number of aryl methyl sites for hydroxylation is 1. The molecule has 0 unspecified atom stereocenters. The van der Waals surface area contributed by atoms with Gasteiger partial charge < -0.3 is 0 Å². The minimum absolute atomic E-state index is 0.0214. The highest BCUT2D eigenvalue weighted by molar-refractivity contribution is 7.89. The molecule has 0 saturated heterocycles. The van der Waals surface area contributed by atoms with Gasteiger partial charge in [0.2, 0.25) is 10.0 Å². The van der Waals surface area contributed by atoms with Crippen LogP contribution in [-0.2, 0) is 22.7 Å². The number of sulfonamides is 1. The van der Waals surface area contributed by atoms with Gasteiger partial charge in [-0.15, -0.1) is 0 Å². The Kier molecular flexibility index (Phi) is 5.77. The molecule has 148 valence electrons. The summed E-state index contributed by atoms with van der Waals surface area (Å²) in [6, 6.07) is 5.67. The lowest BCUT2D eigenvalue weighted by Gasteiger charge is -2.09. The Hall–Kier alpha value is -1.29. The van der Waals surface area contributed by atoms with Crippen LogP contribution in [-0.4, -0.2) is 24.7 Å². The number of alkyl halides is 3. The minimum atomic E-state index is -4.62. The standard InChI is InChI=1S/C16H16Cl2F3N3O2S/c17-11-4-6-12(7-5-11)27(25,26)22-8-1-9-24-14(10-2-3-10)13(18)15(23-24)16(19,20)21/h4-7,10,22H,1-3,8-9H2. The summed E-state index contributed by atoms with van der Waals surface area (Å²) in [5.74, 6) is -0.0214. The molecule has 0 aliphatic heterocycles. The monoisotopic (exact) mass is 441 g/mol. The van der Waals surface area contributed by atoms with Gasteiger partial charge in [-0.25, -0.2) is 13.1 Å². The van der Waals surface area contributed by atoms with Gasteiger partial charge in [0.15, 0.2) is 5.69 Å². The van der Waals surface area contributed by atoms with Crippen LogP contribution in [0.4, 0.5) is 13.2 Å². The lowest BCUT2D eigenvalue weighted by molar-refractivity contribution is -0.141. The van der Waals surface area contributed by atoms with Crippen LogP contribution in [0.3, 0.4) is 0 Å². The van der Waals surface area contributed by atoms with Crippen molar-refractivity contribution in [3.63, 3.8) is 0 Å². The maximum absolute atomic E-state index is 13.0. The van der Waals surface area contributed by atoms with Gasteiger partial charge >= 0.3 is 6.18 Å². The first-order chi connectivity index (χ1) is 12.6. The van der Waals surface area contributed by atoms with Crippen LogP contribution >= 0.6 is 23.2 Å². The molecule has 27 heavy (non-hydrogen) atoms. The molecule has 1 fully saturated rings. The predicted octanol–water partition coefficient (Wildman–Crippen LogP) is 4.45. The Morgan fingerprint density at radius 2 is 1.81 bits per heavy atom. The summed E-state index contributed by atoms with van der Waals surface area (Å²) in [5, 5.41) is 3.67. The predicted molar refractivity (Wildman–Crippen MR) is 95.5 cm³/mol. The Balaban J connectivity index is 1.65. The van der Waals surface area contributed by atoms with E-state index in [0.29, 0.717) is 10.7 Å². The van der Waals surface area contributed by atoms with Gasteiger partial charge in [-0.3, -0.25) is 4.68 Å². The Bertz CT molecular complexity index is 924. The van der Waals surface area contributed by atoms with Crippen LogP contribution in [0.2, 0.25) is 10.0 Å². The molecule has 0 bridgehead atoms. The molecule has 0 spiro atoms. The number of aromatic nitrogens is 2. The van der Waals surface area contributed by atoms with Crippen LogP contribution in [0.5, 0.6) is 0 Å². The molecule has 1 saturated carbocycles. The summed E-state index contributed by atoms with van der Waals surface area (Å²) in [7, 11) is -3.72. The lowest BCUT2D eigenvalue weighted by atomic mass is 10.2. The average Bonchev–Trinajstić information content (AvgIpc) is 3.34. The highest BCUT2D eigenvalue weighted by Gasteiger charge is 2.41. The van der Waals surface area contributed by atoms with Crippen LogP contribution in [0.15, 0.2) is 29.2 Å². The van der Waals surface area contributed by atoms with Gasteiger partial charge in [-0.2, -0.15) is 18.3 Å². The summed E-state index contributed by atoms with van der Waals surface area (Å²) in [4.78, 5) is 0.0621. The molecule has 11 heteroatoms. The van der Waals surface area contributed by atoms with E-state index in [1.54, 1.807) is 0 Å². The van der Waals surface area contributed by atoms with E-state index >= 15 is 0 Å². The lowest BCUT2D eigenvalue weighted by Crippen LogP contribution is -2.25. The molecule has 1 aliphatic rings. The molecule has 0 radical (unpaired) electrons. The fourth-order valence-corrected chi connectivity index (χ4v) is 4.28. The molecular weight excluding hydrogens is 426 g/mol. The van der Waals surface area contributed by atoms with Gasteiger partial charge in [0.1, 0.15) is 0 Å². The van der Waals surface area contributed by atoms with E-state index in [-0.39, 0.29) is 35.3 Å². The number of rotatable bonds is 7. The zero-order valence-corrected chi connectivity index (χ0v) is 16.3. The number of nitrogens with one attached hydrogen (secondary N) is 1. The number of hydrogen-bond acceptors (Lipinski definition) is 3. The van der Waals surface area contributed by atoms with E-state index in [0.717, 1.165) is 12.8 Å². The van der Waals surface area contributed by atoms with Crippen LogP contribution in [0.1, 0.15) is 36.6 Å². The summed E-state index contributed by atoms with van der Waals surface area (Å²) in [6.45, 7) is 0.179. The van der Waals surface area contributed by atoms with Crippen LogP contribution in [0, 0.1) is 0 Å². The smallest absolute Gasteiger partial charge is 0.267 e. The molecule has 3 rings (SSSR count). The molecule has 1 heterocycles. The molecule has 1 N–H and O–H groups in total. The first-order valence-corrected chi connectivity index (χ1v) is 10.4. The van der Waals surface area contributed by atoms with Gasteiger partial charge in [0.25, 0.3) is 0 Å². The normalized spacial score (nSPS) is 15.3. The summed E-state index contributed by atoms with van der Waals surface area (Å²) >= 11 is 11.6. The summed E-state index contributed by atoms with van der Waals surface area (Å²) in [6.07, 6.45) is -2.82. The van der Waals surface area contributed by atoms with E-state index in [4.69, 9.17) is 23.2 Å². The number of benzene rings is 1. The van der Waals surface area contributed by atoms with Crippen molar-refractivity contribution in [1.29, 1.82) is 0 Å². The van der Waals surface area contributed by atoms with Gasteiger partial charge in [0, 0.05) is 24.0 Å². The molecule has 1 aliphatic carbocycles. The quantitative estimate of drug-likeness (QED) is 0.645. The number of nitrogens with zero attached hydrogens (tertiary/aromatic N) is 2. The van der Waals surface area contributed by atoms with E-state index in [2.05, 4.69) is 9.82 Å². The third-order valence-electron chi connectivity index (χ3n) is 4.13. The second-order valence-electron chi connectivity index (χ2n) is 6.25. The zero-order valence-electron chi connectivity index (χ0n) is 13.9. The van der Waals surface area contributed by atoms with Crippen molar-refractivity contribution >= 4 is 33.2 Å². The van der Waals surface area contributed by atoms with Crippen molar-refractivity contribution in [2.24, 2.45) is 0 Å². The van der Waals surface area contributed by atoms with E-state index in [1.165, 1.54) is 28.9 Å². The number of halogens is 5. The molecule has 1 aromatic carbocycles. The van der Waals surface area contributed by atoms with E-state index in [9.17, 15) is 21.6 Å². The highest BCUT2D eigenvalue weighted by atomic mass is 35.5. The SMILES string of the molecule is O=S(=O)(NCCCn1nc(C(F)(F)F)c(Cl)c1C1CC1)c1ccc(Cl)cc1. The first-order valence-electron chi connectivity index (χ1n) is 8.18. The van der Waals surface area contributed by atoms with Gasteiger partial charge in [0.05, 0.1) is 15.6 Å². The Morgan fingerprint density at radius 3 is 2.37 bits per heavy atom. The molecular formula is C16H16Cl2F3N3O2S. The fourth-order valence-electron chi connectivity index (χ4n) is 2.68. The van der Waals surface area contributed by atoms with Crippen LogP contribution in [0.25, 0.3) is 0 Å². The second kappa shape index (κ2) is 7.62. The van der Waals surface area contributed by atoms with Crippen LogP contribution < -0.4 is 4.72 Å².